The van der Waals surface area contributed by atoms with E-state index in [0.29, 0.717) is 39.1 Å². The van der Waals surface area contributed by atoms with Gasteiger partial charge in [0, 0.05) is 45.1 Å². The van der Waals surface area contributed by atoms with Crippen molar-refractivity contribution in [1.29, 1.82) is 0 Å². The fourth-order valence-corrected chi connectivity index (χ4v) is 3.54. The van der Waals surface area contributed by atoms with Gasteiger partial charge in [-0.15, -0.1) is 0 Å². The number of hydrogen-bond acceptors (Lipinski definition) is 4. The van der Waals surface area contributed by atoms with Crippen LogP contribution in [0.25, 0.3) is 0 Å². The Bertz CT molecular complexity index is 637. The number of likely N-dealkylation sites (tertiary alicyclic amines) is 1. The summed E-state index contributed by atoms with van der Waals surface area (Å²) in [4.78, 5) is 26.7. The first-order valence-electron chi connectivity index (χ1n) is 9.34. The summed E-state index contributed by atoms with van der Waals surface area (Å²) in [5, 5.41) is 5.93. The summed E-state index contributed by atoms with van der Waals surface area (Å²) in [7, 11) is 0. The number of carbonyl (C=O) groups excluding carboxylic acids is 2. The second-order valence-electron chi connectivity index (χ2n) is 7.10. The zero-order valence-electron chi connectivity index (χ0n) is 15.1. The summed E-state index contributed by atoms with van der Waals surface area (Å²) in [6, 6.07) is 7.51. The van der Waals surface area contributed by atoms with Crippen molar-refractivity contribution >= 4 is 17.6 Å². The number of nitrogens with zero attached hydrogens (tertiary/aromatic N) is 1. The molecule has 3 rings (SSSR count). The largest absolute Gasteiger partial charge is 0.381 e. The third-order valence-corrected chi connectivity index (χ3v) is 5.35. The molecule has 142 valence electrons. The molecule has 2 heterocycles. The molecule has 2 fully saturated rings. The van der Waals surface area contributed by atoms with E-state index >= 15 is 0 Å². The Kier molecular flexibility index (Phi) is 6.11. The van der Waals surface area contributed by atoms with E-state index in [1.165, 1.54) is 0 Å². The van der Waals surface area contributed by atoms with Gasteiger partial charge in [-0.2, -0.15) is 0 Å². The van der Waals surface area contributed by atoms with Gasteiger partial charge in [0.2, 0.25) is 5.91 Å². The first kappa shape index (κ1) is 18.7. The number of urea groups is 1. The highest BCUT2D eigenvalue weighted by Gasteiger charge is 2.38. The number of carbonyl (C=O) groups is 2. The number of amides is 3. The molecule has 0 bridgehead atoms. The maximum Gasteiger partial charge on any atom is 0.321 e. The SMILES string of the molecule is NCC1(C(=O)NCc2cccc(NC(=O)N3CCCC3)c2)CCOCC1. The molecule has 1 aromatic carbocycles. The molecular formula is C19H28N4O3. The molecule has 0 radical (unpaired) electrons. The molecule has 26 heavy (non-hydrogen) atoms. The maximum atomic E-state index is 12.6. The van der Waals surface area contributed by atoms with Gasteiger partial charge < -0.3 is 26.0 Å². The summed E-state index contributed by atoms with van der Waals surface area (Å²) in [5.41, 5.74) is 7.04. The maximum absolute atomic E-state index is 12.6. The van der Waals surface area contributed by atoms with Gasteiger partial charge in [0.15, 0.2) is 0 Å². The van der Waals surface area contributed by atoms with Crippen molar-refractivity contribution in [3.05, 3.63) is 29.8 Å². The number of rotatable bonds is 5. The van der Waals surface area contributed by atoms with Gasteiger partial charge >= 0.3 is 6.03 Å². The molecule has 0 unspecified atom stereocenters. The zero-order chi connectivity index (χ0) is 18.4. The number of ether oxygens (including phenoxy) is 1. The smallest absolute Gasteiger partial charge is 0.321 e. The fraction of sp³-hybridized carbons (Fsp3) is 0.579. The normalized spacial score (nSPS) is 19.2. The Morgan fingerprint density at radius 1 is 1.19 bits per heavy atom. The lowest BCUT2D eigenvalue weighted by Crippen LogP contribution is -2.48. The molecule has 7 nitrogen and oxygen atoms in total. The zero-order valence-corrected chi connectivity index (χ0v) is 15.1. The molecule has 1 aromatic rings. The lowest BCUT2D eigenvalue weighted by atomic mass is 9.79. The van der Waals surface area contributed by atoms with Gasteiger partial charge in [0.25, 0.3) is 0 Å². The average Bonchev–Trinajstić information content (AvgIpc) is 3.22. The van der Waals surface area contributed by atoms with Crippen LogP contribution in [0.1, 0.15) is 31.2 Å². The Morgan fingerprint density at radius 3 is 2.62 bits per heavy atom. The third kappa shape index (κ3) is 4.34. The molecule has 2 aliphatic heterocycles. The van der Waals surface area contributed by atoms with E-state index in [-0.39, 0.29) is 11.9 Å². The molecule has 7 heteroatoms. The number of benzene rings is 1. The van der Waals surface area contributed by atoms with Crippen molar-refractivity contribution in [2.24, 2.45) is 11.1 Å². The van der Waals surface area contributed by atoms with E-state index in [2.05, 4.69) is 10.6 Å². The molecule has 3 amide bonds. The van der Waals surface area contributed by atoms with E-state index in [9.17, 15) is 9.59 Å². The van der Waals surface area contributed by atoms with Crippen LogP contribution < -0.4 is 16.4 Å². The van der Waals surface area contributed by atoms with E-state index in [4.69, 9.17) is 10.5 Å². The van der Waals surface area contributed by atoms with Crippen molar-refractivity contribution in [2.75, 3.05) is 38.2 Å². The molecule has 0 aliphatic carbocycles. The second-order valence-corrected chi connectivity index (χ2v) is 7.10. The average molecular weight is 360 g/mol. The Balaban J connectivity index is 1.56. The monoisotopic (exact) mass is 360 g/mol. The van der Waals surface area contributed by atoms with Crippen LogP contribution in [0, 0.1) is 5.41 Å². The van der Waals surface area contributed by atoms with Gasteiger partial charge in [0.05, 0.1) is 5.41 Å². The highest BCUT2D eigenvalue weighted by Crippen LogP contribution is 2.29. The first-order valence-corrected chi connectivity index (χ1v) is 9.34. The molecule has 4 N–H and O–H groups in total. The summed E-state index contributed by atoms with van der Waals surface area (Å²) in [5.74, 6) is -0.0187. The number of hydrogen-bond donors (Lipinski definition) is 3. The predicted molar refractivity (Wildman–Crippen MR) is 99.7 cm³/mol. The van der Waals surface area contributed by atoms with Crippen LogP contribution in [0.5, 0.6) is 0 Å². The summed E-state index contributed by atoms with van der Waals surface area (Å²) < 4.78 is 5.35. The highest BCUT2D eigenvalue weighted by molar-refractivity contribution is 5.89. The van der Waals surface area contributed by atoms with E-state index in [1.807, 2.05) is 29.2 Å². The van der Waals surface area contributed by atoms with Crippen LogP contribution in [-0.2, 0) is 16.1 Å². The van der Waals surface area contributed by atoms with Crippen molar-refractivity contribution in [3.63, 3.8) is 0 Å². The Hall–Kier alpha value is -2.12. The minimum absolute atomic E-state index is 0.0187. The van der Waals surface area contributed by atoms with E-state index < -0.39 is 5.41 Å². The van der Waals surface area contributed by atoms with Gasteiger partial charge in [0.1, 0.15) is 0 Å². The minimum Gasteiger partial charge on any atom is -0.381 e. The van der Waals surface area contributed by atoms with Crippen molar-refractivity contribution in [1.82, 2.24) is 10.2 Å². The molecule has 2 aliphatic rings. The Labute approximate surface area is 154 Å². The van der Waals surface area contributed by atoms with Gasteiger partial charge in [-0.25, -0.2) is 4.79 Å². The minimum atomic E-state index is -0.528. The van der Waals surface area contributed by atoms with Crippen molar-refractivity contribution in [3.8, 4) is 0 Å². The topological polar surface area (TPSA) is 96.7 Å². The van der Waals surface area contributed by atoms with Crippen LogP contribution in [0.15, 0.2) is 24.3 Å². The first-order chi connectivity index (χ1) is 12.6. The number of nitrogens with two attached hydrogens (primary N) is 1. The summed E-state index contributed by atoms with van der Waals surface area (Å²) in [6.45, 7) is 3.51. The van der Waals surface area contributed by atoms with Crippen LogP contribution in [0.4, 0.5) is 10.5 Å². The molecule has 0 atom stereocenters. The van der Waals surface area contributed by atoms with Gasteiger partial charge in [-0.3, -0.25) is 4.79 Å². The molecule has 2 saturated heterocycles. The molecule has 0 spiro atoms. The standard InChI is InChI=1S/C19H28N4O3/c20-14-19(6-10-26-11-7-19)17(24)21-13-15-4-3-5-16(12-15)22-18(25)23-8-1-2-9-23/h3-5,12H,1-2,6-11,13-14,20H2,(H,21,24)(H,22,25). The van der Waals surface area contributed by atoms with Crippen LogP contribution in [0.3, 0.4) is 0 Å². The van der Waals surface area contributed by atoms with Gasteiger partial charge in [-0.05, 0) is 43.4 Å². The quantitative estimate of drug-likeness (QED) is 0.744. The second kappa shape index (κ2) is 8.51. The molecule has 0 aromatic heterocycles. The van der Waals surface area contributed by atoms with Gasteiger partial charge in [-0.1, -0.05) is 12.1 Å². The number of anilines is 1. The summed E-state index contributed by atoms with van der Waals surface area (Å²) in [6.07, 6.45) is 3.43. The number of nitrogens with one attached hydrogen (secondary N) is 2. The van der Waals surface area contributed by atoms with Crippen LogP contribution >= 0.6 is 0 Å². The van der Waals surface area contributed by atoms with Crippen molar-refractivity contribution in [2.45, 2.75) is 32.2 Å². The lowest BCUT2D eigenvalue weighted by molar-refractivity contribution is -0.136. The van der Waals surface area contributed by atoms with E-state index in [1.54, 1.807) is 0 Å². The van der Waals surface area contributed by atoms with Crippen molar-refractivity contribution < 1.29 is 14.3 Å². The highest BCUT2D eigenvalue weighted by atomic mass is 16.5. The lowest BCUT2D eigenvalue weighted by Gasteiger charge is -2.34. The van der Waals surface area contributed by atoms with E-state index in [0.717, 1.165) is 37.2 Å². The molecular weight excluding hydrogens is 332 g/mol. The Morgan fingerprint density at radius 2 is 1.92 bits per heavy atom. The fourth-order valence-electron chi connectivity index (χ4n) is 3.54. The third-order valence-electron chi connectivity index (χ3n) is 5.35. The molecule has 0 saturated carbocycles. The van der Waals surface area contributed by atoms with Crippen LogP contribution in [0.2, 0.25) is 0 Å². The van der Waals surface area contributed by atoms with Crippen LogP contribution in [-0.4, -0.2) is 49.7 Å². The predicted octanol–water partition coefficient (Wildman–Crippen LogP) is 1.69. The summed E-state index contributed by atoms with van der Waals surface area (Å²) >= 11 is 0.